The molecule has 92 valence electrons. The van der Waals surface area contributed by atoms with Crippen molar-refractivity contribution in [3.63, 3.8) is 0 Å². The van der Waals surface area contributed by atoms with Crippen molar-refractivity contribution < 1.29 is 4.42 Å². The number of nitrogens with zero attached hydrogens (tertiary/aromatic N) is 3. The number of benzene rings is 1. The first kappa shape index (κ1) is 11.5. The lowest BCUT2D eigenvalue weighted by atomic mass is 10.3. The first-order valence-corrected chi connectivity index (χ1v) is 7.00. The van der Waals surface area contributed by atoms with E-state index in [0.717, 1.165) is 16.6 Å². The van der Waals surface area contributed by atoms with E-state index in [-0.39, 0.29) is 0 Å². The Morgan fingerprint density at radius 3 is 3.00 bits per heavy atom. The number of oxazole rings is 1. The number of aryl methyl sites for hydroxylation is 1. The van der Waals surface area contributed by atoms with E-state index in [4.69, 9.17) is 10.2 Å². The highest BCUT2D eigenvalue weighted by Crippen LogP contribution is 2.32. The van der Waals surface area contributed by atoms with E-state index < -0.39 is 0 Å². The van der Waals surface area contributed by atoms with Crippen molar-refractivity contribution in [1.82, 2.24) is 14.3 Å². The summed E-state index contributed by atoms with van der Waals surface area (Å²) in [6, 6.07) is 5.50. The van der Waals surface area contributed by atoms with Crippen LogP contribution in [0, 0.1) is 0 Å². The molecular weight excluding hydrogens is 268 g/mol. The van der Waals surface area contributed by atoms with E-state index in [1.165, 1.54) is 23.3 Å². The predicted octanol–water partition coefficient (Wildman–Crippen LogP) is 2.98. The molecule has 5 nitrogen and oxygen atoms in total. The van der Waals surface area contributed by atoms with Crippen molar-refractivity contribution in [1.29, 1.82) is 0 Å². The normalized spacial score (nSPS) is 11.2. The topological polar surface area (TPSA) is 77.8 Å². The second-order valence-electron chi connectivity index (χ2n) is 3.61. The fourth-order valence-corrected chi connectivity index (χ4v) is 3.03. The van der Waals surface area contributed by atoms with E-state index >= 15 is 0 Å². The lowest BCUT2D eigenvalue weighted by Crippen LogP contribution is -1.84. The van der Waals surface area contributed by atoms with Gasteiger partial charge in [-0.05, 0) is 23.7 Å². The van der Waals surface area contributed by atoms with E-state index in [2.05, 4.69) is 14.3 Å². The molecule has 2 N–H and O–H groups in total. The SMILES string of the molecule is CCc1nsc(Sc2nc3c(N)cccc3o2)n1. The van der Waals surface area contributed by atoms with Gasteiger partial charge in [-0.15, -0.1) is 0 Å². The van der Waals surface area contributed by atoms with Crippen molar-refractivity contribution in [3.05, 3.63) is 24.0 Å². The molecule has 2 aromatic heterocycles. The Bertz CT molecular complexity index is 691. The van der Waals surface area contributed by atoms with Gasteiger partial charge in [-0.3, -0.25) is 0 Å². The summed E-state index contributed by atoms with van der Waals surface area (Å²) in [7, 11) is 0. The first-order valence-electron chi connectivity index (χ1n) is 5.41. The second kappa shape index (κ2) is 4.58. The minimum absolute atomic E-state index is 0.543. The summed E-state index contributed by atoms with van der Waals surface area (Å²) in [5.41, 5.74) is 7.84. The summed E-state index contributed by atoms with van der Waals surface area (Å²) in [6.07, 6.45) is 0.831. The molecule has 3 rings (SSSR count). The van der Waals surface area contributed by atoms with Crippen molar-refractivity contribution in [3.8, 4) is 0 Å². The summed E-state index contributed by atoms with van der Waals surface area (Å²) in [6.45, 7) is 2.02. The van der Waals surface area contributed by atoms with Crippen LogP contribution < -0.4 is 5.73 Å². The summed E-state index contributed by atoms with van der Waals surface area (Å²) >= 11 is 2.72. The van der Waals surface area contributed by atoms with Crippen LogP contribution in [0.4, 0.5) is 5.69 Å². The van der Waals surface area contributed by atoms with Crippen LogP contribution in [-0.2, 0) is 6.42 Å². The molecule has 0 atom stereocenters. The molecule has 0 saturated carbocycles. The zero-order valence-electron chi connectivity index (χ0n) is 9.58. The van der Waals surface area contributed by atoms with Crippen LogP contribution in [0.5, 0.6) is 0 Å². The zero-order valence-corrected chi connectivity index (χ0v) is 11.2. The zero-order chi connectivity index (χ0) is 12.5. The molecule has 0 fully saturated rings. The third-order valence-electron chi connectivity index (χ3n) is 2.37. The molecule has 0 aliphatic carbocycles. The van der Waals surface area contributed by atoms with Crippen molar-refractivity contribution in [2.75, 3.05) is 5.73 Å². The van der Waals surface area contributed by atoms with Gasteiger partial charge in [0.1, 0.15) is 11.3 Å². The van der Waals surface area contributed by atoms with Gasteiger partial charge in [0.15, 0.2) is 9.92 Å². The van der Waals surface area contributed by atoms with Crippen LogP contribution in [0.1, 0.15) is 12.7 Å². The van der Waals surface area contributed by atoms with Crippen molar-refractivity contribution in [2.24, 2.45) is 0 Å². The van der Waals surface area contributed by atoms with Gasteiger partial charge in [-0.1, -0.05) is 13.0 Å². The van der Waals surface area contributed by atoms with Gasteiger partial charge in [0.25, 0.3) is 5.22 Å². The molecular formula is C11H10N4OS2. The van der Waals surface area contributed by atoms with E-state index in [9.17, 15) is 0 Å². The van der Waals surface area contributed by atoms with E-state index in [0.29, 0.717) is 22.0 Å². The van der Waals surface area contributed by atoms with Crippen molar-refractivity contribution >= 4 is 40.1 Å². The van der Waals surface area contributed by atoms with Crippen LogP contribution in [0.25, 0.3) is 11.1 Å². The van der Waals surface area contributed by atoms with E-state index in [1.807, 2.05) is 19.1 Å². The highest BCUT2D eigenvalue weighted by atomic mass is 32.2. The highest BCUT2D eigenvalue weighted by Gasteiger charge is 2.12. The molecule has 3 aromatic rings. The molecule has 0 amide bonds. The molecule has 0 unspecified atom stereocenters. The Labute approximate surface area is 112 Å². The molecule has 0 aliphatic heterocycles. The van der Waals surface area contributed by atoms with Crippen LogP contribution in [0.3, 0.4) is 0 Å². The Balaban J connectivity index is 1.93. The van der Waals surface area contributed by atoms with Gasteiger partial charge in [0.05, 0.1) is 5.69 Å². The molecule has 0 aliphatic rings. The number of hydrogen-bond acceptors (Lipinski definition) is 7. The van der Waals surface area contributed by atoms with Crippen LogP contribution >= 0.6 is 23.3 Å². The van der Waals surface area contributed by atoms with Crippen LogP contribution in [0.2, 0.25) is 0 Å². The number of nitrogens with two attached hydrogens (primary N) is 1. The van der Waals surface area contributed by atoms with Crippen molar-refractivity contribution in [2.45, 2.75) is 22.9 Å². The quantitative estimate of drug-likeness (QED) is 0.742. The minimum atomic E-state index is 0.543. The fourth-order valence-electron chi connectivity index (χ4n) is 1.49. The second-order valence-corrected chi connectivity index (χ2v) is 5.56. The number of aromatic nitrogens is 3. The average Bonchev–Trinajstić information content (AvgIpc) is 2.96. The first-order chi connectivity index (χ1) is 8.76. The molecule has 0 bridgehead atoms. The number of para-hydroxylation sites is 1. The summed E-state index contributed by atoms with van der Waals surface area (Å²) in [4.78, 5) is 8.71. The number of nitrogen functional groups attached to an aromatic ring is 1. The molecule has 1 aromatic carbocycles. The minimum Gasteiger partial charge on any atom is -0.431 e. The Morgan fingerprint density at radius 1 is 1.39 bits per heavy atom. The number of fused-ring (bicyclic) bond motifs is 1. The lowest BCUT2D eigenvalue weighted by Gasteiger charge is -1.89. The Kier molecular flexibility index (Phi) is 2.92. The predicted molar refractivity (Wildman–Crippen MR) is 71.8 cm³/mol. The highest BCUT2D eigenvalue weighted by molar-refractivity contribution is 8.00. The van der Waals surface area contributed by atoms with Gasteiger partial charge < -0.3 is 10.2 Å². The average molecular weight is 278 g/mol. The van der Waals surface area contributed by atoms with Gasteiger partial charge in [-0.25, -0.2) is 9.97 Å². The molecule has 2 heterocycles. The monoisotopic (exact) mass is 278 g/mol. The smallest absolute Gasteiger partial charge is 0.264 e. The maximum absolute atomic E-state index is 5.83. The molecule has 18 heavy (non-hydrogen) atoms. The fraction of sp³-hybridized carbons (Fsp3) is 0.182. The molecule has 0 spiro atoms. The standard InChI is InChI=1S/C11H10N4OS2/c1-2-8-13-11(18-15-8)17-10-14-9-6(12)4-3-5-7(9)16-10/h3-5H,2,12H2,1H3. The maximum Gasteiger partial charge on any atom is 0.264 e. The number of hydrogen-bond donors (Lipinski definition) is 1. The summed E-state index contributed by atoms with van der Waals surface area (Å²) in [5.74, 6) is 0.845. The Morgan fingerprint density at radius 2 is 2.28 bits per heavy atom. The number of anilines is 1. The third-order valence-corrected chi connectivity index (χ3v) is 4.01. The molecule has 7 heteroatoms. The lowest BCUT2D eigenvalue weighted by molar-refractivity contribution is 0.489. The number of rotatable bonds is 3. The van der Waals surface area contributed by atoms with Gasteiger partial charge in [0.2, 0.25) is 0 Å². The molecule has 0 saturated heterocycles. The van der Waals surface area contributed by atoms with Gasteiger partial charge in [-0.2, -0.15) is 4.37 Å². The third kappa shape index (κ3) is 2.06. The van der Waals surface area contributed by atoms with Gasteiger partial charge >= 0.3 is 0 Å². The van der Waals surface area contributed by atoms with Crippen LogP contribution in [-0.4, -0.2) is 14.3 Å². The summed E-state index contributed by atoms with van der Waals surface area (Å²) < 4.78 is 10.7. The Hall–Kier alpha value is -1.60. The summed E-state index contributed by atoms with van der Waals surface area (Å²) in [5, 5.41) is 0.543. The largest absolute Gasteiger partial charge is 0.431 e. The van der Waals surface area contributed by atoms with Crippen LogP contribution in [0.15, 0.2) is 32.2 Å². The molecule has 0 radical (unpaired) electrons. The maximum atomic E-state index is 5.83. The van der Waals surface area contributed by atoms with E-state index in [1.54, 1.807) is 6.07 Å². The van der Waals surface area contributed by atoms with Gasteiger partial charge in [0, 0.05) is 18.2 Å².